The number of nitrogens with zero attached hydrogens (tertiary/aromatic N) is 3. The van der Waals surface area contributed by atoms with E-state index in [9.17, 15) is 9.59 Å². The molecule has 2 N–H and O–H groups in total. The second kappa shape index (κ2) is 9.25. The zero-order valence-corrected chi connectivity index (χ0v) is 17.1. The van der Waals surface area contributed by atoms with Crippen molar-refractivity contribution in [1.82, 2.24) is 15.3 Å². The minimum Gasteiger partial charge on any atom is -0.439 e. The molecule has 2 amide bonds. The van der Waals surface area contributed by atoms with E-state index in [0.717, 1.165) is 25.3 Å². The van der Waals surface area contributed by atoms with Crippen LogP contribution in [-0.4, -0.2) is 40.9 Å². The summed E-state index contributed by atoms with van der Waals surface area (Å²) in [6, 6.07) is 16.5. The summed E-state index contributed by atoms with van der Waals surface area (Å²) in [6.07, 6.45) is 3.98. The molecule has 2 aromatic heterocycles. The summed E-state index contributed by atoms with van der Waals surface area (Å²) in [5, 5.41) is 5.76. The average molecular weight is 419 g/mol. The number of carbonyl (C=O) groups is 2. The predicted octanol–water partition coefficient (Wildman–Crippen LogP) is 3.48. The molecule has 3 aromatic rings. The third-order valence-electron chi connectivity index (χ3n) is 4.89. The summed E-state index contributed by atoms with van der Waals surface area (Å²) in [7, 11) is 0. The van der Waals surface area contributed by atoms with E-state index in [2.05, 4.69) is 25.5 Å². The maximum atomic E-state index is 12.5. The van der Waals surface area contributed by atoms with Gasteiger partial charge in [-0.05, 0) is 36.8 Å². The number of hydrogen-bond donors (Lipinski definition) is 2. The summed E-state index contributed by atoms with van der Waals surface area (Å²) < 4.78 is 5.64. The molecule has 0 spiro atoms. The third kappa shape index (κ3) is 5.36. The molecule has 0 aliphatic carbocycles. The zero-order chi connectivity index (χ0) is 21.6. The van der Waals surface area contributed by atoms with Crippen molar-refractivity contribution in [2.45, 2.75) is 19.4 Å². The monoisotopic (exact) mass is 419 g/mol. The molecule has 0 saturated carbocycles. The first kappa shape index (κ1) is 20.3. The van der Waals surface area contributed by atoms with Crippen molar-refractivity contribution in [1.29, 1.82) is 0 Å². The van der Waals surface area contributed by atoms with Gasteiger partial charge >= 0.3 is 0 Å². The lowest BCUT2D eigenvalue weighted by Gasteiger charge is -2.18. The van der Waals surface area contributed by atoms with Crippen molar-refractivity contribution in [2.24, 2.45) is 0 Å². The minimum atomic E-state index is -0.278. The second-order valence-electron chi connectivity index (χ2n) is 7.29. The van der Waals surface area contributed by atoms with E-state index in [1.54, 1.807) is 18.3 Å². The van der Waals surface area contributed by atoms with Crippen LogP contribution in [0.2, 0.25) is 0 Å². The Balaban J connectivity index is 0.00000289. The number of benzene rings is 1. The van der Waals surface area contributed by atoms with Crippen LogP contribution in [0.15, 0.2) is 67.0 Å². The summed E-state index contributed by atoms with van der Waals surface area (Å²) in [6.45, 7) is 3.08. The maximum Gasteiger partial charge on any atom is 0.257 e. The summed E-state index contributed by atoms with van der Waals surface area (Å²) in [5.41, 5.74) is 1.01. The predicted molar refractivity (Wildman–Crippen MR) is 119 cm³/mol. The molecule has 1 aliphatic rings. The van der Waals surface area contributed by atoms with E-state index in [0.29, 0.717) is 22.9 Å². The number of hydrogen-bond acceptors (Lipinski definition) is 6. The van der Waals surface area contributed by atoms with Gasteiger partial charge in [-0.2, -0.15) is 0 Å². The molecule has 8 heteroatoms. The van der Waals surface area contributed by atoms with Crippen LogP contribution in [0.1, 0.15) is 25.1 Å². The number of nitrogens with one attached hydrogen (secondary N) is 2. The Morgan fingerprint density at radius 3 is 2.58 bits per heavy atom. The largest absolute Gasteiger partial charge is 0.439 e. The lowest BCUT2D eigenvalue weighted by atomic mass is 10.2. The first-order valence-electron chi connectivity index (χ1n) is 10.1. The molecule has 1 unspecified atom stereocenters. The number of amides is 2. The van der Waals surface area contributed by atoms with Crippen molar-refractivity contribution in [3.05, 3.63) is 72.6 Å². The highest BCUT2D eigenvalue weighted by atomic mass is 16.5. The molecule has 0 bridgehead atoms. The van der Waals surface area contributed by atoms with Crippen molar-refractivity contribution in [3.63, 3.8) is 0 Å². The lowest BCUT2D eigenvalue weighted by Crippen LogP contribution is -2.35. The SMILES string of the molecule is CC(=O)NC1CCN(c2ccc(NC(=O)c3ccc(Oc4ccccc4)nc3)cn2)C1.[HH]. The molecule has 1 aliphatic heterocycles. The van der Waals surface area contributed by atoms with Gasteiger partial charge in [0.15, 0.2) is 0 Å². The van der Waals surface area contributed by atoms with Crippen LogP contribution < -0.4 is 20.3 Å². The second-order valence-corrected chi connectivity index (χ2v) is 7.29. The van der Waals surface area contributed by atoms with Crippen LogP contribution in [0.3, 0.4) is 0 Å². The average Bonchev–Trinajstić information content (AvgIpc) is 3.23. The van der Waals surface area contributed by atoms with E-state index >= 15 is 0 Å². The molecule has 160 valence electrons. The van der Waals surface area contributed by atoms with Crippen LogP contribution in [0.25, 0.3) is 0 Å². The van der Waals surface area contributed by atoms with E-state index in [1.807, 2.05) is 42.5 Å². The summed E-state index contributed by atoms with van der Waals surface area (Å²) >= 11 is 0. The number of rotatable bonds is 6. The van der Waals surface area contributed by atoms with Gasteiger partial charge in [0.25, 0.3) is 5.91 Å². The molecular formula is C23H25N5O3. The maximum absolute atomic E-state index is 12.5. The van der Waals surface area contributed by atoms with E-state index in [4.69, 9.17) is 4.74 Å². The highest BCUT2D eigenvalue weighted by molar-refractivity contribution is 6.04. The summed E-state index contributed by atoms with van der Waals surface area (Å²) in [4.78, 5) is 34.5. The number of para-hydroxylation sites is 1. The molecule has 1 atom stereocenters. The first-order valence-corrected chi connectivity index (χ1v) is 10.1. The summed E-state index contributed by atoms with van der Waals surface area (Å²) in [5.74, 6) is 1.61. The van der Waals surface area contributed by atoms with E-state index in [1.165, 1.54) is 13.1 Å². The number of pyridine rings is 2. The van der Waals surface area contributed by atoms with Gasteiger partial charge in [0.05, 0.1) is 17.4 Å². The Labute approximate surface area is 181 Å². The van der Waals surface area contributed by atoms with Gasteiger partial charge in [-0.3, -0.25) is 9.59 Å². The normalized spacial score (nSPS) is 15.4. The Hall–Kier alpha value is -3.94. The smallest absolute Gasteiger partial charge is 0.257 e. The molecular weight excluding hydrogens is 394 g/mol. The number of carbonyl (C=O) groups excluding carboxylic acids is 2. The van der Waals surface area contributed by atoms with Crippen molar-refractivity contribution >= 4 is 23.3 Å². The standard InChI is InChI=1S/C23H23N5O3.H2/c1-16(29)26-19-11-12-28(15-19)21-9-8-18(14-24-21)27-23(30)17-7-10-22(25-13-17)31-20-5-3-2-4-6-20;/h2-10,13-14,19H,11-12,15H2,1H3,(H,26,29)(H,27,30);1H. The van der Waals surface area contributed by atoms with Crippen molar-refractivity contribution < 1.29 is 15.8 Å². The Kier molecular flexibility index (Phi) is 6.07. The Morgan fingerprint density at radius 2 is 1.90 bits per heavy atom. The van der Waals surface area contributed by atoms with Crippen LogP contribution in [-0.2, 0) is 4.79 Å². The molecule has 1 aromatic carbocycles. The van der Waals surface area contributed by atoms with E-state index < -0.39 is 0 Å². The number of aromatic nitrogens is 2. The van der Waals surface area contributed by atoms with Gasteiger partial charge in [0, 0.05) is 39.7 Å². The quantitative estimate of drug-likeness (QED) is 0.635. The molecule has 8 nitrogen and oxygen atoms in total. The van der Waals surface area contributed by atoms with Crippen LogP contribution in [0.4, 0.5) is 11.5 Å². The third-order valence-corrected chi connectivity index (χ3v) is 4.89. The van der Waals surface area contributed by atoms with Crippen LogP contribution in [0, 0.1) is 0 Å². The first-order chi connectivity index (χ1) is 15.1. The minimum absolute atomic E-state index is 0. The topological polar surface area (TPSA) is 96.5 Å². The van der Waals surface area contributed by atoms with Gasteiger partial charge < -0.3 is 20.3 Å². The van der Waals surface area contributed by atoms with E-state index in [-0.39, 0.29) is 19.3 Å². The Morgan fingerprint density at radius 1 is 1.06 bits per heavy atom. The fraction of sp³-hybridized carbons (Fsp3) is 0.217. The molecule has 1 saturated heterocycles. The van der Waals surface area contributed by atoms with Gasteiger partial charge in [-0.25, -0.2) is 9.97 Å². The molecule has 3 heterocycles. The fourth-order valence-corrected chi connectivity index (χ4v) is 3.41. The van der Waals surface area contributed by atoms with Gasteiger partial charge in [0.2, 0.25) is 11.8 Å². The van der Waals surface area contributed by atoms with Crippen LogP contribution in [0.5, 0.6) is 11.6 Å². The highest BCUT2D eigenvalue weighted by Gasteiger charge is 2.23. The van der Waals surface area contributed by atoms with Crippen molar-refractivity contribution in [2.75, 3.05) is 23.3 Å². The lowest BCUT2D eigenvalue weighted by molar-refractivity contribution is -0.119. The molecule has 0 radical (unpaired) electrons. The van der Waals surface area contributed by atoms with Gasteiger partial charge in [0.1, 0.15) is 11.6 Å². The molecule has 4 rings (SSSR count). The fourth-order valence-electron chi connectivity index (χ4n) is 3.41. The van der Waals surface area contributed by atoms with Gasteiger partial charge in [-0.15, -0.1) is 0 Å². The zero-order valence-electron chi connectivity index (χ0n) is 17.1. The number of anilines is 2. The van der Waals surface area contributed by atoms with Crippen LogP contribution >= 0.6 is 0 Å². The number of ether oxygens (including phenoxy) is 1. The molecule has 31 heavy (non-hydrogen) atoms. The van der Waals surface area contributed by atoms with Crippen molar-refractivity contribution in [3.8, 4) is 11.6 Å². The highest BCUT2D eigenvalue weighted by Crippen LogP contribution is 2.21. The Bertz CT molecular complexity index is 1050. The van der Waals surface area contributed by atoms with Gasteiger partial charge in [-0.1, -0.05) is 18.2 Å². The molecule has 1 fully saturated rings.